The number of nitrogens with one attached hydrogen (secondary N) is 1. The highest BCUT2D eigenvalue weighted by Gasteiger charge is 2.12. The third-order valence-electron chi connectivity index (χ3n) is 3.16. The largest absolute Gasteiger partial charge is 0.486 e. The van der Waals surface area contributed by atoms with Crippen LogP contribution in [-0.4, -0.2) is 19.1 Å². The number of carbonyl (C=O) groups is 1. The average Bonchev–Trinajstić information content (AvgIpc) is 2.49. The Morgan fingerprint density at radius 2 is 1.81 bits per heavy atom. The molecule has 0 bridgehead atoms. The highest BCUT2D eigenvalue weighted by molar-refractivity contribution is 5.95. The van der Waals surface area contributed by atoms with Gasteiger partial charge in [-0.3, -0.25) is 4.79 Å². The molecule has 1 heterocycles. The number of hydrogen-bond donors (Lipinski definition) is 3. The number of primary amides is 1. The summed E-state index contributed by atoms with van der Waals surface area (Å²) >= 11 is 0. The molecular weight excluding hydrogens is 270 g/mol. The second-order valence-corrected chi connectivity index (χ2v) is 4.65. The third-order valence-corrected chi connectivity index (χ3v) is 3.16. The first-order valence-electron chi connectivity index (χ1n) is 6.49. The summed E-state index contributed by atoms with van der Waals surface area (Å²) < 4.78 is 11.0. The lowest BCUT2D eigenvalue weighted by Crippen LogP contribution is -2.15. The van der Waals surface area contributed by atoms with E-state index in [2.05, 4.69) is 5.32 Å². The van der Waals surface area contributed by atoms with E-state index in [9.17, 15) is 4.79 Å². The summed E-state index contributed by atoms with van der Waals surface area (Å²) in [7, 11) is 0. The Morgan fingerprint density at radius 1 is 1.05 bits per heavy atom. The lowest BCUT2D eigenvalue weighted by molar-refractivity contribution is 0.100. The molecule has 1 amide bonds. The van der Waals surface area contributed by atoms with Gasteiger partial charge in [0.1, 0.15) is 13.2 Å². The fourth-order valence-electron chi connectivity index (χ4n) is 2.09. The van der Waals surface area contributed by atoms with Crippen LogP contribution in [0.15, 0.2) is 36.4 Å². The molecule has 0 aromatic heterocycles. The van der Waals surface area contributed by atoms with E-state index in [0.717, 1.165) is 5.69 Å². The summed E-state index contributed by atoms with van der Waals surface area (Å²) in [5.74, 6) is 0.891. The molecule has 6 heteroatoms. The first-order valence-corrected chi connectivity index (χ1v) is 6.49. The van der Waals surface area contributed by atoms with Crippen molar-refractivity contribution in [3.63, 3.8) is 0 Å². The number of anilines is 3. The molecule has 0 unspecified atom stereocenters. The highest BCUT2D eigenvalue weighted by atomic mass is 16.6. The van der Waals surface area contributed by atoms with Crippen LogP contribution in [0.2, 0.25) is 0 Å². The van der Waals surface area contributed by atoms with Crippen molar-refractivity contribution in [2.45, 2.75) is 0 Å². The van der Waals surface area contributed by atoms with Gasteiger partial charge in [0.2, 0.25) is 5.91 Å². The number of ether oxygens (including phenoxy) is 2. The van der Waals surface area contributed by atoms with Crippen molar-refractivity contribution >= 4 is 23.0 Å². The lowest BCUT2D eigenvalue weighted by Gasteiger charge is -2.19. The maximum Gasteiger partial charge on any atom is 0.248 e. The minimum absolute atomic E-state index is 0.393. The first kappa shape index (κ1) is 13.1. The summed E-state index contributed by atoms with van der Waals surface area (Å²) in [5.41, 5.74) is 13.5. The summed E-state index contributed by atoms with van der Waals surface area (Å²) in [6, 6.07) is 10.3. The highest BCUT2D eigenvalue weighted by Crippen LogP contribution is 2.34. The fraction of sp³-hybridized carbons (Fsp3) is 0.133. The molecule has 0 aliphatic carbocycles. The van der Waals surface area contributed by atoms with Crippen LogP contribution in [0.25, 0.3) is 0 Å². The van der Waals surface area contributed by atoms with Crippen LogP contribution in [0.4, 0.5) is 17.1 Å². The van der Waals surface area contributed by atoms with Crippen LogP contribution in [0, 0.1) is 0 Å². The zero-order chi connectivity index (χ0) is 14.8. The molecule has 2 aromatic carbocycles. The van der Waals surface area contributed by atoms with E-state index in [-0.39, 0.29) is 0 Å². The minimum Gasteiger partial charge on any atom is -0.486 e. The molecule has 0 atom stereocenters. The molecule has 1 aliphatic heterocycles. The van der Waals surface area contributed by atoms with Crippen molar-refractivity contribution in [2.24, 2.45) is 5.73 Å². The van der Waals surface area contributed by atoms with E-state index in [1.807, 2.05) is 18.2 Å². The van der Waals surface area contributed by atoms with Gasteiger partial charge in [-0.25, -0.2) is 0 Å². The van der Waals surface area contributed by atoms with Gasteiger partial charge in [-0.15, -0.1) is 0 Å². The number of nitrogens with two attached hydrogens (primary N) is 2. The topological polar surface area (TPSA) is 99.6 Å². The molecule has 0 fully saturated rings. The van der Waals surface area contributed by atoms with E-state index >= 15 is 0 Å². The number of fused-ring (bicyclic) bond motifs is 1. The Morgan fingerprint density at radius 3 is 2.57 bits per heavy atom. The van der Waals surface area contributed by atoms with Crippen LogP contribution in [0.1, 0.15) is 10.4 Å². The van der Waals surface area contributed by atoms with Crippen LogP contribution >= 0.6 is 0 Å². The van der Waals surface area contributed by atoms with Gasteiger partial charge in [-0.05, 0) is 30.3 Å². The molecule has 0 saturated heterocycles. The maximum absolute atomic E-state index is 11.2. The van der Waals surface area contributed by atoms with Crippen LogP contribution in [0.5, 0.6) is 11.5 Å². The Balaban J connectivity index is 1.89. The zero-order valence-electron chi connectivity index (χ0n) is 11.3. The first-order chi connectivity index (χ1) is 10.1. The third kappa shape index (κ3) is 2.69. The molecule has 21 heavy (non-hydrogen) atoms. The van der Waals surface area contributed by atoms with Crippen LogP contribution in [0.3, 0.4) is 0 Å². The molecule has 5 N–H and O–H groups in total. The van der Waals surface area contributed by atoms with E-state index in [1.165, 1.54) is 0 Å². The number of hydrogen-bond acceptors (Lipinski definition) is 5. The molecule has 0 saturated carbocycles. The van der Waals surface area contributed by atoms with Gasteiger partial charge in [0, 0.05) is 17.3 Å². The Hall–Kier alpha value is -2.89. The number of benzene rings is 2. The standard InChI is InChI=1S/C15H15N3O3/c16-11-3-1-9(15(17)19)7-12(11)18-10-2-4-13-14(8-10)21-6-5-20-13/h1-4,7-8,18H,5-6,16H2,(H2,17,19). The van der Waals surface area contributed by atoms with Gasteiger partial charge in [0.15, 0.2) is 11.5 Å². The Bertz CT molecular complexity index is 701. The van der Waals surface area contributed by atoms with Crippen molar-refractivity contribution in [3.8, 4) is 11.5 Å². The quantitative estimate of drug-likeness (QED) is 0.748. The molecule has 3 rings (SSSR count). The summed E-state index contributed by atoms with van der Waals surface area (Å²) in [4.78, 5) is 11.2. The second kappa shape index (κ2) is 5.24. The van der Waals surface area contributed by atoms with Crippen molar-refractivity contribution in [1.29, 1.82) is 0 Å². The Kier molecular flexibility index (Phi) is 3.27. The minimum atomic E-state index is -0.500. The van der Waals surface area contributed by atoms with Crippen LogP contribution in [-0.2, 0) is 0 Å². The van der Waals surface area contributed by atoms with E-state index < -0.39 is 5.91 Å². The second-order valence-electron chi connectivity index (χ2n) is 4.65. The smallest absolute Gasteiger partial charge is 0.248 e. The number of amides is 1. The van der Waals surface area contributed by atoms with Gasteiger partial charge >= 0.3 is 0 Å². The molecule has 0 spiro atoms. The van der Waals surface area contributed by atoms with E-state index in [0.29, 0.717) is 41.7 Å². The van der Waals surface area contributed by atoms with Crippen molar-refractivity contribution < 1.29 is 14.3 Å². The summed E-state index contributed by atoms with van der Waals surface area (Å²) in [6.45, 7) is 1.07. The Labute approximate surface area is 121 Å². The molecule has 6 nitrogen and oxygen atoms in total. The lowest BCUT2D eigenvalue weighted by atomic mass is 10.1. The van der Waals surface area contributed by atoms with Gasteiger partial charge in [-0.2, -0.15) is 0 Å². The van der Waals surface area contributed by atoms with Crippen molar-refractivity contribution in [3.05, 3.63) is 42.0 Å². The molecule has 108 valence electrons. The number of carbonyl (C=O) groups excluding carboxylic acids is 1. The predicted octanol–water partition coefficient (Wildman–Crippen LogP) is 1.88. The van der Waals surface area contributed by atoms with Crippen LogP contribution < -0.4 is 26.3 Å². The van der Waals surface area contributed by atoms with Gasteiger partial charge < -0.3 is 26.3 Å². The van der Waals surface area contributed by atoms with Crippen molar-refractivity contribution in [2.75, 3.05) is 24.3 Å². The normalized spacial score (nSPS) is 12.8. The monoisotopic (exact) mass is 285 g/mol. The maximum atomic E-state index is 11.2. The van der Waals surface area contributed by atoms with Gasteiger partial charge in [-0.1, -0.05) is 0 Å². The van der Waals surface area contributed by atoms with Gasteiger partial charge in [0.25, 0.3) is 0 Å². The molecule has 1 aliphatic rings. The summed E-state index contributed by atoms with van der Waals surface area (Å²) in [6.07, 6.45) is 0. The molecular formula is C15H15N3O3. The van der Waals surface area contributed by atoms with Gasteiger partial charge in [0.05, 0.1) is 11.4 Å². The van der Waals surface area contributed by atoms with E-state index in [1.54, 1.807) is 18.2 Å². The number of rotatable bonds is 3. The molecule has 2 aromatic rings. The zero-order valence-corrected chi connectivity index (χ0v) is 11.3. The predicted molar refractivity (Wildman–Crippen MR) is 80.1 cm³/mol. The SMILES string of the molecule is NC(=O)c1ccc(N)c(Nc2ccc3c(c2)OCCO3)c1. The number of nitrogen functional groups attached to an aromatic ring is 1. The molecule has 0 radical (unpaired) electrons. The average molecular weight is 285 g/mol. The van der Waals surface area contributed by atoms with E-state index in [4.69, 9.17) is 20.9 Å². The fourth-order valence-corrected chi connectivity index (χ4v) is 2.09. The van der Waals surface area contributed by atoms with Crippen molar-refractivity contribution in [1.82, 2.24) is 0 Å². The summed E-state index contributed by atoms with van der Waals surface area (Å²) in [5, 5.41) is 3.15.